The average molecular weight is 669 g/mol. The summed E-state index contributed by atoms with van der Waals surface area (Å²) in [5.74, 6) is 0. The average Bonchev–Trinajstić information content (AvgIpc) is 3.21. The van der Waals surface area contributed by atoms with Gasteiger partial charge in [0.05, 0.1) is 22.8 Å². The lowest BCUT2D eigenvalue weighted by Crippen LogP contribution is -2.28. The minimum absolute atomic E-state index is 0.563. The van der Waals surface area contributed by atoms with Crippen LogP contribution < -0.4 is 15.5 Å². The Labute approximate surface area is 303 Å². The zero-order valence-corrected chi connectivity index (χ0v) is 28.6. The lowest BCUT2D eigenvalue weighted by molar-refractivity contribution is 1.07. The minimum atomic E-state index is 0.563. The van der Waals surface area contributed by atoms with Crippen molar-refractivity contribution in [1.82, 2.24) is 0 Å². The third kappa shape index (κ3) is 5.66. The largest absolute Gasteiger partial charge is 0.396 e. The summed E-state index contributed by atoms with van der Waals surface area (Å²) in [7, 11) is 0. The second-order valence-electron chi connectivity index (χ2n) is 13.0. The maximum atomic E-state index is 7.12. The van der Waals surface area contributed by atoms with Crippen LogP contribution in [0, 0.1) is 0 Å². The fourth-order valence-corrected chi connectivity index (χ4v) is 7.41. The molecule has 0 heterocycles. The summed E-state index contributed by atoms with van der Waals surface area (Å²) >= 11 is 0. The Bertz CT molecular complexity index is 2620. The van der Waals surface area contributed by atoms with E-state index in [2.05, 4.69) is 198 Å². The number of nitrogen functional groups attached to an aromatic ring is 1. The van der Waals surface area contributed by atoms with Crippen LogP contribution in [0.25, 0.3) is 32.3 Å². The third-order valence-electron chi connectivity index (χ3n) is 9.83. The number of nitrogens with zero attached hydrogens (tertiary/aromatic N) is 3. The Kier molecular flexibility index (Phi) is 8.03. The van der Waals surface area contributed by atoms with E-state index in [9.17, 15) is 0 Å². The van der Waals surface area contributed by atoms with E-state index < -0.39 is 0 Å². The van der Waals surface area contributed by atoms with Gasteiger partial charge in [-0.2, -0.15) is 0 Å². The molecule has 0 spiro atoms. The van der Waals surface area contributed by atoms with Gasteiger partial charge in [-0.15, -0.1) is 0 Å². The molecule has 0 saturated carbocycles. The number of fused-ring (bicyclic) bond motifs is 4. The highest BCUT2D eigenvalue weighted by molar-refractivity contribution is 6.21. The highest BCUT2D eigenvalue weighted by Crippen LogP contribution is 2.43. The molecule has 0 radical (unpaired) electrons. The summed E-state index contributed by atoms with van der Waals surface area (Å²) < 4.78 is 0. The zero-order chi connectivity index (χ0) is 34.9. The number of anilines is 5. The smallest absolute Gasteiger partial charge is 0.0948 e. The fraction of sp³-hybridized carbons (Fsp3) is 0.0208. The van der Waals surface area contributed by atoms with Crippen LogP contribution in [0.3, 0.4) is 0 Å². The molecule has 0 saturated heterocycles. The van der Waals surface area contributed by atoms with Crippen molar-refractivity contribution in [3.05, 3.63) is 206 Å². The number of hydrogen-bond acceptors (Lipinski definition) is 4. The standard InChI is InChI=1S/C48H36N4/c49-47-43-26-14-12-24-41(43)42-25-13-15-27-44(42)48(47)50-45-33-40(51(36-18-4-1-5-19-36)37-20-6-2-7-21-37)30-31-46(45)52(38-22-8-3-9-23-38)39-29-28-34-16-10-11-17-35(34)32-39/h1-32H,33,49H2. The third-order valence-corrected chi connectivity index (χ3v) is 9.83. The number of nitrogens with two attached hydrogens (primary N) is 1. The molecular weight excluding hydrogens is 633 g/mol. The molecule has 0 amide bonds. The molecule has 8 aromatic rings. The van der Waals surface area contributed by atoms with Gasteiger partial charge in [-0.25, -0.2) is 4.99 Å². The van der Waals surface area contributed by atoms with E-state index in [1.54, 1.807) is 0 Å². The molecule has 1 aliphatic rings. The maximum Gasteiger partial charge on any atom is 0.0948 e. The Morgan fingerprint density at radius 1 is 0.423 bits per heavy atom. The number of hydrogen-bond donors (Lipinski definition) is 1. The van der Waals surface area contributed by atoms with E-state index in [0.29, 0.717) is 12.1 Å². The van der Waals surface area contributed by atoms with E-state index in [-0.39, 0.29) is 0 Å². The van der Waals surface area contributed by atoms with Crippen LogP contribution in [-0.4, -0.2) is 5.71 Å². The first kappa shape index (κ1) is 31.1. The number of aliphatic imine (C=N–C) groups is 1. The molecule has 52 heavy (non-hydrogen) atoms. The van der Waals surface area contributed by atoms with E-state index in [1.807, 2.05) is 6.07 Å². The van der Waals surface area contributed by atoms with Gasteiger partial charge in [-0.3, -0.25) is 0 Å². The van der Waals surface area contributed by atoms with Gasteiger partial charge in [0.2, 0.25) is 0 Å². The molecule has 4 nitrogen and oxygen atoms in total. The summed E-state index contributed by atoms with van der Waals surface area (Å²) in [4.78, 5) is 10.3. The molecule has 8 aromatic carbocycles. The molecule has 248 valence electrons. The Balaban J connectivity index is 1.31. The van der Waals surface area contributed by atoms with Crippen molar-refractivity contribution < 1.29 is 0 Å². The lowest BCUT2D eigenvalue weighted by Gasteiger charge is -2.34. The first-order valence-corrected chi connectivity index (χ1v) is 17.6. The SMILES string of the molecule is Nc1c(N=C2CC(N(c3ccccc3)c3ccccc3)=CC=C2N(c2ccccc2)c2ccc3ccccc3c2)c2ccccc2c2ccccc12. The van der Waals surface area contributed by atoms with Gasteiger partial charge in [-0.1, -0.05) is 133 Å². The van der Waals surface area contributed by atoms with Crippen LogP contribution in [0.2, 0.25) is 0 Å². The summed E-state index contributed by atoms with van der Waals surface area (Å²) in [5.41, 5.74) is 15.9. The van der Waals surface area contributed by atoms with Crippen molar-refractivity contribution in [3.8, 4) is 0 Å². The van der Waals surface area contributed by atoms with Crippen molar-refractivity contribution in [2.45, 2.75) is 6.42 Å². The molecule has 9 rings (SSSR count). The van der Waals surface area contributed by atoms with Crippen LogP contribution in [0.15, 0.2) is 211 Å². The van der Waals surface area contributed by atoms with Gasteiger partial charge in [0.15, 0.2) is 0 Å². The van der Waals surface area contributed by atoms with Crippen molar-refractivity contribution in [2.75, 3.05) is 15.5 Å². The molecular formula is C48H36N4. The van der Waals surface area contributed by atoms with Crippen LogP contribution in [0.1, 0.15) is 6.42 Å². The van der Waals surface area contributed by atoms with E-state index in [4.69, 9.17) is 10.7 Å². The van der Waals surface area contributed by atoms with Gasteiger partial charge in [-0.05, 0) is 82.2 Å². The molecule has 2 N–H and O–H groups in total. The van der Waals surface area contributed by atoms with Gasteiger partial charge in [0.1, 0.15) is 0 Å². The number of rotatable bonds is 7. The van der Waals surface area contributed by atoms with E-state index >= 15 is 0 Å². The van der Waals surface area contributed by atoms with Gasteiger partial charge < -0.3 is 15.5 Å². The predicted molar refractivity (Wildman–Crippen MR) is 221 cm³/mol. The van der Waals surface area contributed by atoms with Crippen molar-refractivity contribution in [1.29, 1.82) is 0 Å². The summed E-state index contributed by atoms with van der Waals surface area (Å²) in [6, 6.07) is 63.6. The molecule has 0 aromatic heterocycles. The monoisotopic (exact) mass is 668 g/mol. The zero-order valence-electron chi connectivity index (χ0n) is 28.6. The molecule has 1 aliphatic carbocycles. The van der Waals surface area contributed by atoms with Gasteiger partial charge >= 0.3 is 0 Å². The second-order valence-corrected chi connectivity index (χ2v) is 13.0. The predicted octanol–water partition coefficient (Wildman–Crippen LogP) is 12.6. The second kappa shape index (κ2) is 13.4. The topological polar surface area (TPSA) is 44.9 Å². The fourth-order valence-electron chi connectivity index (χ4n) is 7.41. The molecule has 0 unspecified atom stereocenters. The molecule has 4 heteroatoms. The Hall–Kier alpha value is -6.91. The highest BCUT2D eigenvalue weighted by atomic mass is 15.2. The van der Waals surface area contributed by atoms with Crippen molar-refractivity contribution in [2.24, 2.45) is 4.99 Å². The number of allylic oxidation sites excluding steroid dienone is 4. The molecule has 0 atom stereocenters. The van der Waals surface area contributed by atoms with Crippen LogP contribution in [-0.2, 0) is 0 Å². The van der Waals surface area contributed by atoms with E-state index in [0.717, 1.165) is 67.1 Å². The van der Waals surface area contributed by atoms with Gasteiger partial charge in [0.25, 0.3) is 0 Å². The highest BCUT2D eigenvalue weighted by Gasteiger charge is 2.27. The first-order chi connectivity index (χ1) is 25.7. The minimum Gasteiger partial charge on any atom is -0.396 e. The summed E-state index contributed by atoms with van der Waals surface area (Å²) in [5, 5.41) is 6.67. The summed E-state index contributed by atoms with van der Waals surface area (Å²) in [6.45, 7) is 0. The Morgan fingerprint density at radius 3 is 1.56 bits per heavy atom. The molecule has 0 fully saturated rings. The molecule has 0 bridgehead atoms. The van der Waals surface area contributed by atoms with E-state index in [1.165, 1.54) is 10.8 Å². The van der Waals surface area contributed by atoms with Crippen molar-refractivity contribution in [3.63, 3.8) is 0 Å². The maximum absolute atomic E-state index is 7.12. The van der Waals surface area contributed by atoms with Crippen LogP contribution in [0.4, 0.5) is 34.1 Å². The lowest BCUT2D eigenvalue weighted by atomic mass is 9.97. The van der Waals surface area contributed by atoms with Gasteiger partial charge in [0, 0.05) is 45.6 Å². The summed E-state index contributed by atoms with van der Waals surface area (Å²) in [6.07, 6.45) is 5.03. The number of para-hydroxylation sites is 3. The van der Waals surface area contributed by atoms with Crippen LogP contribution >= 0.6 is 0 Å². The number of benzene rings is 8. The Morgan fingerprint density at radius 2 is 0.923 bits per heavy atom. The normalized spacial score (nSPS) is 13.7. The van der Waals surface area contributed by atoms with Crippen molar-refractivity contribution >= 4 is 72.2 Å². The quantitative estimate of drug-likeness (QED) is 0.136. The molecule has 0 aliphatic heterocycles. The van der Waals surface area contributed by atoms with Crippen LogP contribution in [0.5, 0.6) is 0 Å². The first-order valence-electron chi connectivity index (χ1n) is 17.6.